The summed E-state index contributed by atoms with van der Waals surface area (Å²) in [4.78, 5) is 14.4. The van der Waals surface area contributed by atoms with Crippen LogP contribution in [0.4, 0.5) is 0 Å². The molecule has 2 atom stereocenters. The molecule has 7 heteroatoms. The molecule has 0 spiro atoms. The maximum atomic E-state index is 10.7. The molecule has 0 saturated heterocycles. The highest BCUT2D eigenvalue weighted by molar-refractivity contribution is 5.69. The number of aromatic nitrogens is 2. The van der Waals surface area contributed by atoms with Crippen molar-refractivity contribution in [3.05, 3.63) is 63.8 Å². The first-order valence-electron chi connectivity index (χ1n) is 6.89. The van der Waals surface area contributed by atoms with E-state index >= 15 is 0 Å². The number of nitriles is 1. The van der Waals surface area contributed by atoms with Gasteiger partial charge in [-0.3, -0.25) is 15.1 Å². The van der Waals surface area contributed by atoms with Crippen LogP contribution in [0.25, 0.3) is 0 Å². The van der Waals surface area contributed by atoms with Crippen LogP contribution in [0.3, 0.4) is 0 Å². The Kier molecular flexibility index (Phi) is 3.66. The van der Waals surface area contributed by atoms with Crippen molar-refractivity contribution >= 4 is 6.21 Å². The number of aliphatic imine (C=N–C) groups is 1. The van der Waals surface area contributed by atoms with Crippen LogP contribution in [0.1, 0.15) is 36.2 Å². The zero-order valence-corrected chi connectivity index (χ0v) is 11.7. The van der Waals surface area contributed by atoms with Gasteiger partial charge in [0.2, 0.25) is 0 Å². The van der Waals surface area contributed by atoms with E-state index in [2.05, 4.69) is 16.2 Å². The molecule has 1 aromatic rings. The van der Waals surface area contributed by atoms with Crippen molar-refractivity contribution in [2.75, 3.05) is 0 Å². The normalized spacial score (nSPS) is 23.1. The van der Waals surface area contributed by atoms with Gasteiger partial charge in [-0.1, -0.05) is 12.2 Å². The Balaban J connectivity index is 1.86. The molecule has 0 bridgehead atoms. The van der Waals surface area contributed by atoms with Crippen molar-refractivity contribution in [2.24, 2.45) is 4.99 Å². The van der Waals surface area contributed by atoms with Gasteiger partial charge in [0.05, 0.1) is 16.7 Å². The molecule has 0 radical (unpaired) electrons. The Morgan fingerprint density at radius 2 is 2.32 bits per heavy atom. The molecule has 2 unspecified atom stereocenters. The van der Waals surface area contributed by atoms with Gasteiger partial charge in [-0.15, -0.1) is 0 Å². The molecule has 0 fully saturated rings. The third-order valence-corrected chi connectivity index (χ3v) is 3.68. The molecule has 0 amide bonds. The van der Waals surface area contributed by atoms with E-state index in [0.29, 0.717) is 12.1 Å². The molecule has 1 aliphatic heterocycles. The largest absolute Gasteiger partial charge is 0.269 e. The van der Waals surface area contributed by atoms with Gasteiger partial charge in [0.25, 0.3) is 5.70 Å². The molecule has 0 N–H and O–H groups in total. The molecule has 2 aliphatic rings. The van der Waals surface area contributed by atoms with Crippen molar-refractivity contribution in [3.8, 4) is 6.07 Å². The fraction of sp³-hybridized carbons (Fsp3) is 0.267. The van der Waals surface area contributed by atoms with E-state index < -0.39 is 4.92 Å². The van der Waals surface area contributed by atoms with E-state index in [1.54, 1.807) is 29.1 Å². The van der Waals surface area contributed by atoms with Gasteiger partial charge in [-0.25, -0.2) is 4.68 Å². The molecule has 1 aliphatic carbocycles. The fourth-order valence-electron chi connectivity index (χ4n) is 2.53. The molecule has 2 heterocycles. The van der Waals surface area contributed by atoms with Crippen molar-refractivity contribution in [1.82, 2.24) is 9.78 Å². The van der Waals surface area contributed by atoms with Crippen LogP contribution in [-0.4, -0.2) is 20.9 Å². The second kappa shape index (κ2) is 5.77. The first kappa shape index (κ1) is 13.9. The number of hydrogen-bond donors (Lipinski definition) is 0. The molecule has 1 aromatic heterocycles. The van der Waals surface area contributed by atoms with E-state index in [1.165, 1.54) is 6.08 Å². The maximum absolute atomic E-state index is 10.7. The van der Waals surface area contributed by atoms with Crippen molar-refractivity contribution in [2.45, 2.75) is 24.8 Å². The van der Waals surface area contributed by atoms with E-state index in [1.807, 2.05) is 12.3 Å². The Labute approximate surface area is 126 Å². The number of nitrogens with zero attached hydrogens (tertiary/aromatic N) is 5. The number of allylic oxidation sites excluding steroid dienone is 4. The van der Waals surface area contributed by atoms with E-state index in [9.17, 15) is 15.4 Å². The molecule has 22 heavy (non-hydrogen) atoms. The van der Waals surface area contributed by atoms with Crippen LogP contribution in [0.5, 0.6) is 0 Å². The lowest BCUT2D eigenvalue weighted by Gasteiger charge is -2.15. The number of rotatable bonds is 3. The summed E-state index contributed by atoms with van der Waals surface area (Å²) < 4.78 is 1.63. The van der Waals surface area contributed by atoms with Crippen LogP contribution in [0.2, 0.25) is 0 Å². The molecule has 3 rings (SSSR count). The number of hydrogen-bond acceptors (Lipinski definition) is 5. The van der Waals surface area contributed by atoms with Crippen molar-refractivity contribution in [3.63, 3.8) is 0 Å². The molecular weight excluding hydrogens is 282 g/mol. The summed E-state index contributed by atoms with van der Waals surface area (Å²) in [6, 6.07) is 3.72. The quantitative estimate of drug-likeness (QED) is 0.632. The zero-order chi connectivity index (χ0) is 15.5. The monoisotopic (exact) mass is 295 g/mol. The second-order valence-electron chi connectivity index (χ2n) is 5.08. The zero-order valence-electron chi connectivity index (χ0n) is 11.7. The predicted molar refractivity (Wildman–Crippen MR) is 79.8 cm³/mol. The van der Waals surface area contributed by atoms with Gasteiger partial charge in [0.15, 0.2) is 0 Å². The Bertz CT molecular complexity index is 763. The second-order valence-corrected chi connectivity index (χ2v) is 5.08. The summed E-state index contributed by atoms with van der Waals surface area (Å²) in [6.07, 6.45) is 11.5. The lowest BCUT2D eigenvalue weighted by atomic mass is 10.0. The van der Waals surface area contributed by atoms with Gasteiger partial charge in [-0.2, -0.15) is 10.4 Å². The van der Waals surface area contributed by atoms with Crippen LogP contribution in [0.15, 0.2) is 47.3 Å². The summed E-state index contributed by atoms with van der Waals surface area (Å²) in [5.74, 6) is 0.0656. The van der Waals surface area contributed by atoms with E-state index in [0.717, 1.165) is 12.1 Å². The Morgan fingerprint density at radius 3 is 2.91 bits per heavy atom. The third kappa shape index (κ3) is 2.59. The van der Waals surface area contributed by atoms with Gasteiger partial charge in [0, 0.05) is 24.4 Å². The minimum Gasteiger partial charge on any atom is -0.269 e. The van der Waals surface area contributed by atoms with E-state index in [4.69, 9.17) is 0 Å². The van der Waals surface area contributed by atoms with Gasteiger partial charge in [-0.05, 0) is 25.0 Å². The summed E-state index contributed by atoms with van der Waals surface area (Å²) >= 11 is 0. The molecule has 0 aromatic carbocycles. The van der Waals surface area contributed by atoms with Crippen LogP contribution in [0, 0.1) is 21.4 Å². The summed E-state index contributed by atoms with van der Waals surface area (Å²) in [6.45, 7) is 0. The van der Waals surface area contributed by atoms with Crippen LogP contribution in [-0.2, 0) is 0 Å². The van der Waals surface area contributed by atoms with Crippen LogP contribution >= 0.6 is 0 Å². The first-order valence-corrected chi connectivity index (χ1v) is 6.89. The van der Waals surface area contributed by atoms with Gasteiger partial charge >= 0.3 is 0 Å². The van der Waals surface area contributed by atoms with Crippen LogP contribution < -0.4 is 0 Å². The Morgan fingerprint density at radius 1 is 1.45 bits per heavy atom. The lowest BCUT2D eigenvalue weighted by molar-refractivity contribution is -0.419. The molecule has 0 saturated carbocycles. The highest BCUT2D eigenvalue weighted by Gasteiger charge is 2.22. The van der Waals surface area contributed by atoms with Gasteiger partial charge < -0.3 is 0 Å². The Hall–Kier alpha value is -3.01. The minimum atomic E-state index is -0.419. The van der Waals surface area contributed by atoms with Gasteiger partial charge in [0.1, 0.15) is 11.8 Å². The van der Waals surface area contributed by atoms with Crippen molar-refractivity contribution in [1.29, 1.82) is 5.26 Å². The smallest absolute Gasteiger partial charge is 0.265 e. The standard InChI is InChI=1S/C15H13N5O2/c16-9-14-8-15(11-2-1-7-17-10-11)18-19(14)12-3-5-13(6-4-12)20(21)22/h1,3,5-8,10-12H,2,4H2. The molecule has 7 nitrogen and oxygen atoms in total. The van der Waals surface area contributed by atoms with Crippen molar-refractivity contribution < 1.29 is 4.92 Å². The van der Waals surface area contributed by atoms with E-state index in [-0.39, 0.29) is 17.7 Å². The average Bonchev–Trinajstić information content (AvgIpc) is 3.00. The SMILES string of the molecule is N#Cc1cc(C2C=NC=CC2)nn1C1C=CC([N+](=O)[O-])=CC1. The molecule has 110 valence electrons. The summed E-state index contributed by atoms with van der Waals surface area (Å²) in [5.41, 5.74) is 1.32. The third-order valence-electron chi connectivity index (χ3n) is 3.68. The highest BCUT2D eigenvalue weighted by atomic mass is 16.6. The topological polar surface area (TPSA) is 97.1 Å². The lowest BCUT2D eigenvalue weighted by Crippen LogP contribution is -2.14. The fourth-order valence-corrected chi connectivity index (χ4v) is 2.53. The predicted octanol–water partition coefficient (Wildman–Crippen LogP) is 2.49. The number of nitro groups is 1. The summed E-state index contributed by atoms with van der Waals surface area (Å²) in [7, 11) is 0. The minimum absolute atomic E-state index is 0.0656. The maximum Gasteiger partial charge on any atom is 0.265 e. The highest BCUT2D eigenvalue weighted by Crippen LogP contribution is 2.26. The first-order chi connectivity index (χ1) is 10.7. The summed E-state index contributed by atoms with van der Waals surface area (Å²) in [5, 5.41) is 24.5. The average molecular weight is 295 g/mol. The molecular formula is C15H13N5O2.